The number of nitrogens with zero attached hydrogens (tertiary/aromatic N) is 4. The molecule has 0 amide bonds. The molecule has 0 unspecified atom stereocenters. The maximum Gasteiger partial charge on any atom is 0.354 e. The molecule has 2 saturated carbocycles. The third-order valence-electron chi connectivity index (χ3n) is 9.41. The second-order valence-corrected chi connectivity index (χ2v) is 13.3. The maximum absolute atomic E-state index is 11.7. The zero-order chi connectivity index (χ0) is 30.0. The smallest absolute Gasteiger partial charge is 0.354 e. The molecule has 9 nitrogen and oxygen atoms in total. The van der Waals surface area contributed by atoms with Gasteiger partial charge in [0.25, 0.3) is 0 Å². The van der Waals surface area contributed by atoms with Crippen LogP contribution in [0, 0.1) is 5.41 Å². The van der Waals surface area contributed by atoms with Crippen LogP contribution in [0.15, 0.2) is 46.8 Å². The van der Waals surface area contributed by atoms with Crippen LogP contribution in [0.2, 0.25) is 10.0 Å². The van der Waals surface area contributed by atoms with Crippen molar-refractivity contribution in [2.24, 2.45) is 5.41 Å². The number of benzene rings is 1. The molecule has 3 aromatic heterocycles. The molecule has 0 bridgehead atoms. The van der Waals surface area contributed by atoms with E-state index in [9.17, 15) is 9.90 Å². The number of aromatic carboxylic acids is 1. The number of allylic oxidation sites excluding steroid dienone is 1. The number of carbonyl (C=O) groups is 1. The number of fused-ring (bicyclic) bond motifs is 1. The Morgan fingerprint density at radius 1 is 1.09 bits per heavy atom. The van der Waals surface area contributed by atoms with E-state index in [1.165, 1.54) is 11.6 Å². The van der Waals surface area contributed by atoms with Crippen LogP contribution in [0.1, 0.15) is 66.3 Å². The van der Waals surface area contributed by atoms with Gasteiger partial charge in [-0.3, -0.25) is 4.98 Å². The average molecular weight is 634 g/mol. The molecule has 44 heavy (non-hydrogen) atoms. The quantitative estimate of drug-likeness (QED) is 0.222. The van der Waals surface area contributed by atoms with E-state index >= 15 is 0 Å². The van der Waals surface area contributed by atoms with Crippen molar-refractivity contribution < 1.29 is 23.9 Å². The fourth-order valence-electron chi connectivity index (χ4n) is 6.77. The van der Waals surface area contributed by atoms with Crippen LogP contribution in [0.25, 0.3) is 28.2 Å². The molecule has 4 aromatic rings. The van der Waals surface area contributed by atoms with E-state index in [0.717, 1.165) is 74.0 Å². The number of pyridine rings is 2. The van der Waals surface area contributed by atoms with Gasteiger partial charge in [-0.2, -0.15) is 0 Å². The van der Waals surface area contributed by atoms with Crippen LogP contribution in [-0.2, 0) is 4.74 Å². The second-order valence-electron chi connectivity index (χ2n) is 12.5. The molecule has 4 fully saturated rings. The van der Waals surface area contributed by atoms with Crippen molar-refractivity contribution in [3.63, 3.8) is 0 Å². The summed E-state index contributed by atoms with van der Waals surface area (Å²) < 4.78 is 17.2. The predicted octanol–water partition coefficient (Wildman–Crippen LogP) is 7.41. The Balaban J connectivity index is 0.997. The van der Waals surface area contributed by atoms with Crippen LogP contribution < -0.4 is 9.64 Å². The largest absolute Gasteiger partial charge is 0.485 e. The number of halogens is 2. The summed E-state index contributed by atoms with van der Waals surface area (Å²) in [6, 6.07) is 7.52. The highest BCUT2D eigenvalue weighted by molar-refractivity contribution is 6.39. The molecule has 5 heterocycles. The normalized spacial score (nSPS) is 19.6. The summed E-state index contributed by atoms with van der Waals surface area (Å²) in [6.45, 7) is 2.89. The third kappa shape index (κ3) is 5.01. The Labute approximate surface area is 263 Å². The molecule has 2 aliphatic heterocycles. The molecule has 11 heteroatoms. The first kappa shape index (κ1) is 27.9. The Kier molecular flexibility index (Phi) is 6.81. The van der Waals surface area contributed by atoms with Crippen molar-refractivity contribution in [2.45, 2.75) is 50.5 Å². The van der Waals surface area contributed by atoms with E-state index in [-0.39, 0.29) is 11.8 Å². The van der Waals surface area contributed by atoms with Gasteiger partial charge in [-0.15, -0.1) is 0 Å². The van der Waals surface area contributed by atoms with Crippen LogP contribution in [0.4, 0.5) is 5.69 Å². The highest BCUT2D eigenvalue weighted by atomic mass is 35.5. The van der Waals surface area contributed by atoms with Gasteiger partial charge >= 0.3 is 5.97 Å². The van der Waals surface area contributed by atoms with Crippen molar-refractivity contribution in [1.29, 1.82) is 0 Å². The second kappa shape index (κ2) is 10.8. The van der Waals surface area contributed by atoms with Gasteiger partial charge in [-0.1, -0.05) is 33.9 Å². The first-order valence-corrected chi connectivity index (χ1v) is 15.8. The molecular formula is C33H30Cl2N4O5. The molecule has 1 N–H and O–H groups in total. The summed E-state index contributed by atoms with van der Waals surface area (Å²) in [5, 5.41) is 15.7. The number of hydrogen-bond acceptors (Lipinski definition) is 8. The molecule has 2 saturated heterocycles. The summed E-state index contributed by atoms with van der Waals surface area (Å²) in [7, 11) is 0. The van der Waals surface area contributed by atoms with Crippen LogP contribution >= 0.6 is 23.2 Å². The standard InChI is InChI=1S/C33H30Cl2N4O5/c34-24-14-36-15-25(35)29(24)30-23(31(44-38-30)19-1-2-19)9-18-12-33(13-18)5-7-39(8-6-33)20-3-4-26-22(10-20)28(43-21-16-42-17-21)11-27(37-26)32(40)41/h3-4,9-11,14-15,19,21H,1-2,5-8,12-13,16-17H2,(H,40,41). The molecule has 226 valence electrons. The Morgan fingerprint density at radius 2 is 1.84 bits per heavy atom. The number of anilines is 1. The Morgan fingerprint density at radius 3 is 2.50 bits per heavy atom. The SMILES string of the molecule is O=C(O)c1cc(OC2COC2)c2cc(N3CCC4(CC3)CC(=Cc3c(-c5c(Cl)cncc5Cl)noc3C3CC3)C4)ccc2n1. The van der Waals surface area contributed by atoms with Crippen molar-refractivity contribution >= 4 is 51.8 Å². The summed E-state index contributed by atoms with van der Waals surface area (Å²) in [4.78, 5) is 22.5. The summed E-state index contributed by atoms with van der Waals surface area (Å²) in [5.41, 5.74) is 5.75. The molecular weight excluding hydrogens is 603 g/mol. The number of rotatable bonds is 7. The Bertz CT molecular complexity index is 1790. The van der Waals surface area contributed by atoms with E-state index in [2.05, 4.69) is 32.2 Å². The zero-order valence-corrected chi connectivity index (χ0v) is 25.4. The first-order chi connectivity index (χ1) is 21.4. The van der Waals surface area contributed by atoms with Gasteiger partial charge in [-0.25, -0.2) is 9.78 Å². The van der Waals surface area contributed by atoms with Crippen LogP contribution in [0.5, 0.6) is 5.75 Å². The Hall–Kier alpha value is -3.66. The lowest BCUT2D eigenvalue weighted by Gasteiger charge is -2.50. The lowest BCUT2D eigenvalue weighted by Crippen LogP contribution is -2.44. The fraction of sp³-hybridized carbons (Fsp3) is 0.394. The number of carboxylic acid groups (broad SMARTS) is 1. The molecule has 1 aromatic carbocycles. The van der Waals surface area contributed by atoms with Crippen molar-refractivity contribution in [3.8, 4) is 17.0 Å². The lowest BCUT2D eigenvalue weighted by molar-refractivity contribution is -0.0791. The van der Waals surface area contributed by atoms with Gasteiger partial charge in [0.15, 0.2) is 5.69 Å². The molecule has 0 radical (unpaired) electrons. The summed E-state index contributed by atoms with van der Waals surface area (Å²) >= 11 is 13.0. The van der Waals surface area contributed by atoms with E-state index in [0.29, 0.717) is 57.1 Å². The van der Waals surface area contributed by atoms with Crippen LogP contribution in [0.3, 0.4) is 0 Å². The van der Waals surface area contributed by atoms with Crippen LogP contribution in [-0.4, -0.2) is 58.6 Å². The fourth-order valence-corrected chi connectivity index (χ4v) is 7.31. The first-order valence-electron chi connectivity index (χ1n) is 15.0. The molecule has 8 rings (SSSR count). The summed E-state index contributed by atoms with van der Waals surface area (Å²) in [6.07, 6.45) is 11.9. The average Bonchev–Trinajstić information content (AvgIpc) is 3.74. The highest BCUT2D eigenvalue weighted by Gasteiger charge is 2.43. The molecule has 1 spiro atoms. The number of carboxylic acids is 1. The van der Waals surface area contributed by atoms with Crippen molar-refractivity contribution in [2.75, 3.05) is 31.2 Å². The van der Waals surface area contributed by atoms with Crippen molar-refractivity contribution in [1.82, 2.24) is 15.1 Å². The molecule has 4 aliphatic rings. The van der Waals surface area contributed by atoms with Gasteiger partial charge in [0, 0.05) is 59.7 Å². The van der Waals surface area contributed by atoms with E-state index < -0.39 is 5.97 Å². The molecule has 2 aliphatic carbocycles. The number of piperidine rings is 1. The minimum Gasteiger partial charge on any atom is -0.485 e. The number of ether oxygens (including phenoxy) is 2. The summed E-state index contributed by atoms with van der Waals surface area (Å²) in [5.74, 6) is 0.801. The topological polar surface area (TPSA) is 111 Å². The van der Waals surface area contributed by atoms with E-state index in [1.54, 1.807) is 12.4 Å². The van der Waals surface area contributed by atoms with Gasteiger partial charge in [0.05, 0.1) is 28.8 Å². The molecule has 0 atom stereocenters. The van der Waals surface area contributed by atoms with Crippen molar-refractivity contribution in [3.05, 3.63) is 69.3 Å². The van der Waals surface area contributed by atoms with Gasteiger partial charge in [0.1, 0.15) is 23.3 Å². The van der Waals surface area contributed by atoms with Gasteiger partial charge in [-0.05, 0) is 68.2 Å². The zero-order valence-electron chi connectivity index (χ0n) is 23.9. The number of hydrogen-bond donors (Lipinski definition) is 1. The maximum atomic E-state index is 11.7. The van der Waals surface area contributed by atoms with Gasteiger partial charge in [0.2, 0.25) is 0 Å². The monoisotopic (exact) mass is 632 g/mol. The minimum absolute atomic E-state index is 0.0243. The van der Waals surface area contributed by atoms with Gasteiger partial charge < -0.3 is 24.0 Å². The predicted molar refractivity (Wildman–Crippen MR) is 167 cm³/mol. The lowest BCUT2D eigenvalue weighted by atomic mass is 9.60. The number of aromatic nitrogens is 3. The highest BCUT2D eigenvalue weighted by Crippen LogP contribution is 2.55. The van der Waals surface area contributed by atoms with E-state index in [4.69, 9.17) is 37.2 Å². The van der Waals surface area contributed by atoms with E-state index in [1.807, 2.05) is 12.1 Å². The third-order valence-corrected chi connectivity index (χ3v) is 9.98. The minimum atomic E-state index is -1.07.